The molecule has 1 atom stereocenters. The summed E-state index contributed by atoms with van der Waals surface area (Å²) in [5.74, 6) is -0.388. The van der Waals surface area contributed by atoms with Crippen LogP contribution >= 0.6 is 11.6 Å². The zero-order valence-electron chi connectivity index (χ0n) is 14.4. The lowest BCUT2D eigenvalue weighted by Gasteiger charge is -2.23. The van der Waals surface area contributed by atoms with Crippen molar-refractivity contribution < 1.29 is 27.5 Å². The van der Waals surface area contributed by atoms with E-state index in [1.54, 1.807) is 19.1 Å². The molecular formula is C19H14ClF3N2O3. The molecule has 0 radical (unpaired) electrons. The Kier molecular flexibility index (Phi) is 5.33. The van der Waals surface area contributed by atoms with Crippen LogP contribution < -0.4 is 15.4 Å². The summed E-state index contributed by atoms with van der Waals surface area (Å²) in [7, 11) is 0. The van der Waals surface area contributed by atoms with E-state index >= 15 is 0 Å². The summed E-state index contributed by atoms with van der Waals surface area (Å²) in [6.07, 6.45) is -2.86. The van der Waals surface area contributed by atoms with E-state index in [4.69, 9.17) is 16.3 Å². The molecule has 0 aromatic heterocycles. The minimum atomic E-state index is -4.59. The van der Waals surface area contributed by atoms with Crippen LogP contribution in [0.1, 0.15) is 18.1 Å². The van der Waals surface area contributed by atoms with Crippen molar-refractivity contribution in [2.24, 2.45) is 0 Å². The normalized spacial score (nSPS) is 16.3. The number of benzene rings is 2. The molecule has 0 saturated carbocycles. The molecule has 0 bridgehead atoms. The van der Waals surface area contributed by atoms with Crippen molar-refractivity contribution >= 4 is 40.9 Å². The lowest BCUT2D eigenvalue weighted by Crippen LogP contribution is -2.34. The molecule has 3 rings (SSSR count). The maximum atomic E-state index is 12.9. The molecule has 0 fully saturated rings. The Labute approximate surface area is 163 Å². The average Bonchev–Trinajstić information content (AvgIpc) is 2.61. The minimum Gasteiger partial charge on any atom is -0.479 e. The quantitative estimate of drug-likeness (QED) is 0.719. The summed E-state index contributed by atoms with van der Waals surface area (Å²) >= 11 is 5.56. The van der Waals surface area contributed by atoms with Crippen LogP contribution in [-0.4, -0.2) is 17.9 Å². The first-order valence-electron chi connectivity index (χ1n) is 8.11. The molecule has 0 saturated heterocycles. The standard InChI is InChI=1S/C19H14ClF3N2O3/c1-10-18(27)25-15-9-12(4-6-16(15)28-10)24-17(26)7-3-11-2-5-14(20)13(8-11)19(21,22)23/h2-10H,1H3,(H,24,26)(H,25,27)/b7-3+/t10-/m0/s1. The second-order valence-corrected chi connectivity index (χ2v) is 6.43. The highest BCUT2D eigenvalue weighted by Gasteiger charge is 2.33. The van der Waals surface area contributed by atoms with Gasteiger partial charge < -0.3 is 15.4 Å². The van der Waals surface area contributed by atoms with E-state index in [-0.39, 0.29) is 11.5 Å². The molecule has 2 aromatic rings. The monoisotopic (exact) mass is 410 g/mol. The molecule has 5 nitrogen and oxygen atoms in total. The van der Waals surface area contributed by atoms with Gasteiger partial charge in [0.05, 0.1) is 16.3 Å². The van der Waals surface area contributed by atoms with Crippen LogP contribution in [0.3, 0.4) is 0 Å². The second-order valence-electron chi connectivity index (χ2n) is 6.02. The maximum Gasteiger partial charge on any atom is 0.417 e. The van der Waals surface area contributed by atoms with Crippen LogP contribution in [0.4, 0.5) is 24.5 Å². The third-order valence-corrected chi connectivity index (χ3v) is 4.23. The number of hydrogen-bond donors (Lipinski definition) is 2. The Morgan fingerprint density at radius 2 is 2.00 bits per heavy atom. The molecule has 2 N–H and O–H groups in total. The molecule has 0 aliphatic carbocycles. The molecule has 9 heteroatoms. The Balaban J connectivity index is 1.71. The lowest BCUT2D eigenvalue weighted by molar-refractivity contribution is -0.137. The van der Waals surface area contributed by atoms with Gasteiger partial charge in [-0.3, -0.25) is 9.59 Å². The fraction of sp³-hybridized carbons (Fsp3) is 0.158. The summed E-state index contributed by atoms with van der Waals surface area (Å²) in [5.41, 5.74) is -0.000288. The predicted molar refractivity (Wildman–Crippen MR) is 99.3 cm³/mol. The number of halogens is 4. The van der Waals surface area contributed by atoms with E-state index in [9.17, 15) is 22.8 Å². The average molecular weight is 411 g/mol. The molecule has 28 heavy (non-hydrogen) atoms. The number of hydrogen-bond acceptors (Lipinski definition) is 3. The lowest BCUT2D eigenvalue weighted by atomic mass is 10.1. The van der Waals surface area contributed by atoms with Gasteiger partial charge in [-0.25, -0.2) is 0 Å². The Morgan fingerprint density at radius 3 is 2.71 bits per heavy atom. The summed E-state index contributed by atoms with van der Waals surface area (Å²) in [6.45, 7) is 1.61. The van der Waals surface area contributed by atoms with E-state index in [0.29, 0.717) is 17.1 Å². The zero-order chi connectivity index (χ0) is 20.5. The van der Waals surface area contributed by atoms with Gasteiger partial charge in [-0.05, 0) is 48.9 Å². The number of carbonyl (C=O) groups is 2. The molecule has 146 valence electrons. The SMILES string of the molecule is C[C@@H]1Oc2ccc(NC(=O)/C=C/c3ccc(Cl)c(C(F)(F)F)c3)cc2NC1=O. The number of alkyl halides is 3. The van der Waals surface area contributed by atoms with Gasteiger partial charge in [0.2, 0.25) is 5.91 Å². The van der Waals surface area contributed by atoms with Gasteiger partial charge in [0, 0.05) is 11.8 Å². The maximum absolute atomic E-state index is 12.9. The van der Waals surface area contributed by atoms with Gasteiger partial charge >= 0.3 is 6.18 Å². The molecule has 0 unspecified atom stereocenters. The highest BCUT2D eigenvalue weighted by atomic mass is 35.5. The highest BCUT2D eigenvalue weighted by Crippen LogP contribution is 2.35. The number of nitrogens with one attached hydrogen (secondary N) is 2. The third-order valence-electron chi connectivity index (χ3n) is 3.90. The fourth-order valence-corrected chi connectivity index (χ4v) is 2.73. The molecule has 1 aliphatic heterocycles. The number of amides is 2. The van der Waals surface area contributed by atoms with E-state index in [1.807, 2.05) is 0 Å². The van der Waals surface area contributed by atoms with Crippen LogP contribution in [0.25, 0.3) is 6.08 Å². The van der Waals surface area contributed by atoms with Crippen molar-refractivity contribution in [2.45, 2.75) is 19.2 Å². The molecule has 2 amide bonds. The molecular weight excluding hydrogens is 397 g/mol. The van der Waals surface area contributed by atoms with E-state index in [0.717, 1.165) is 18.2 Å². The fourth-order valence-electron chi connectivity index (χ4n) is 2.51. The third kappa shape index (κ3) is 4.45. The number of anilines is 2. The minimum absolute atomic E-state index is 0.173. The van der Waals surface area contributed by atoms with Gasteiger partial charge in [0.15, 0.2) is 6.10 Å². The molecule has 0 spiro atoms. The number of rotatable bonds is 3. The van der Waals surface area contributed by atoms with Crippen molar-refractivity contribution in [1.29, 1.82) is 0 Å². The van der Waals surface area contributed by atoms with Gasteiger partial charge in [-0.15, -0.1) is 0 Å². The number of ether oxygens (including phenoxy) is 1. The number of carbonyl (C=O) groups excluding carboxylic acids is 2. The van der Waals surface area contributed by atoms with Crippen molar-refractivity contribution in [3.63, 3.8) is 0 Å². The van der Waals surface area contributed by atoms with Crippen molar-refractivity contribution in [1.82, 2.24) is 0 Å². The largest absolute Gasteiger partial charge is 0.479 e. The first-order valence-corrected chi connectivity index (χ1v) is 8.48. The van der Waals surface area contributed by atoms with E-state index in [2.05, 4.69) is 10.6 Å². The van der Waals surface area contributed by atoms with Gasteiger partial charge in [-0.1, -0.05) is 17.7 Å². The van der Waals surface area contributed by atoms with Gasteiger partial charge in [0.1, 0.15) is 5.75 Å². The Morgan fingerprint density at radius 1 is 1.25 bits per heavy atom. The summed E-state index contributed by atoms with van der Waals surface area (Å²) in [6, 6.07) is 8.05. The smallest absolute Gasteiger partial charge is 0.417 e. The Hall–Kier alpha value is -3.00. The first kappa shape index (κ1) is 19.8. The second kappa shape index (κ2) is 7.55. The van der Waals surface area contributed by atoms with Gasteiger partial charge in [-0.2, -0.15) is 13.2 Å². The highest BCUT2D eigenvalue weighted by molar-refractivity contribution is 6.31. The van der Waals surface area contributed by atoms with Gasteiger partial charge in [0.25, 0.3) is 5.91 Å². The van der Waals surface area contributed by atoms with Crippen LogP contribution in [0, 0.1) is 0 Å². The predicted octanol–water partition coefficient (Wildman–Crippen LogP) is 4.73. The number of fused-ring (bicyclic) bond motifs is 1. The molecule has 2 aromatic carbocycles. The molecule has 1 aliphatic rings. The van der Waals surface area contributed by atoms with Crippen LogP contribution in [-0.2, 0) is 15.8 Å². The van der Waals surface area contributed by atoms with Crippen molar-refractivity contribution in [3.05, 3.63) is 58.6 Å². The first-order chi connectivity index (χ1) is 13.1. The van der Waals surface area contributed by atoms with E-state index < -0.39 is 28.8 Å². The summed E-state index contributed by atoms with van der Waals surface area (Å²) in [5, 5.41) is 4.80. The molecule has 1 heterocycles. The Bertz CT molecular complexity index is 973. The van der Waals surface area contributed by atoms with Crippen LogP contribution in [0.5, 0.6) is 5.75 Å². The summed E-state index contributed by atoms with van der Waals surface area (Å²) in [4.78, 5) is 23.7. The summed E-state index contributed by atoms with van der Waals surface area (Å²) < 4.78 is 44.0. The zero-order valence-corrected chi connectivity index (χ0v) is 15.2. The van der Waals surface area contributed by atoms with Crippen LogP contribution in [0.15, 0.2) is 42.5 Å². The van der Waals surface area contributed by atoms with E-state index in [1.165, 1.54) is 18.2 Å². The van der Waals surface area contributed by atoms with Crippen molar-refractivity contribution in [3.8, 4) is 5.75 Å². The topological polar surface area (TPSA) is 67.4 Å². The van der Waals surface area contributed by atoms with Crippen molar-refractivity contribution in [2.75, 3.05) is 10.6 Å². The van der Waals surface area contributed by atoms with Crippen LogP contribution in [0.2, 0.25) is 5.02 Å².